The van der Waals surface area contributed by atoms with Crippen molar-refractivity contribution >= 4 is 17.3 Å². The molecule has 1 heterocycles. The molecule has 5 nitrogen and oxygen atoms in total. The van der Waals surface area contributed by atoms with Crippen LogP contribution in [0.25, 0.3) is 0 Å². The van der Waals surface area contributed by atoms with Gasteiger partial charge in [-0.05, 0) is 35.9 Å². The van der Waals surface area contributed by atoms with Crippen molar-refractivity contribution in [3.05, 3.63) is 72.4 Å². The van der Waals surface area contributed by atoms with Gasteiger partial charge in [-0.1, -0.05) is 30.3 Å². The van der Waals surface area contributed by atoms with E-state index >= 15 is 0 Å². The number of Topliss-reactive ketones (excluding diaryl/α,β-unsaturated/α-hetero) is 1. The normalized spacial score (nSPS) is 16.6. The van der Waals surface area contributed by atoms with Crippen molar-refractivity contribution in [2.75, 3.05) is 12.1 Å². The average molecular weight is 321 g/mol. The van der Waals surface area contributed by atoms with Crippen LogP contribution in [0.1, 0.15) is 5.56 Å². The van der Waals surface area contributed by atoms with Crippen LogP contribution in [0.5, 0.6) is 5.75 Å². The molecule has 1 aliphatic heterocycles. The Hall–Kier alpha value is -3.08. The fourth-order valence-corrected chi connectivity index (χ4v) is 2.54. The monoisotopic (exact) mass is 321 g/mol. The highest BCUT2D eigenvalue weighted by atomic mass is 16.5. The summed E-state index contributed by atoms with van der Waals surface area (Å²) in [7, 11) is 1.61. The molecule has 0 spiro atoms. The molecular formula is C19H19N3O2. The third-order valence-corrected chi connectivity index (χ3v) is 3.87. The van der Waals surface area contributed by atoms with Gasteiger partial charge < -0.3 is 10.5 Å². The molecule has 2 aromatic carbocycles. The van der Waals surface area contributed by atoms with Crippen LogP contribution in [0.2, 0.25) is 0 Å². The molecule has 0 radical (unpaired) electrons. The number of ketones is 1. The third-order valence-electron chi connectivity index (χ3n) is 3.87. The van der Waals surface area contributed by atoms with E-state index in [0.29, 0.717) is 12.3 Å². The van der Waals surface area contributed by atoms with Crippen LogP contribution < -0.4 is 15.5 Å². The maximum Gasteiger partial charge on any atom is 0.151 e. The highest BCUT2D eigenvalue weighted by Crippen LogP contribution is 2.20. The Morgan fingerprint density at radius 1 is 1.17 bits per heavy atom. The van der Waals surface area contributed by atoms with Gasteiger partial charge in [0.1, 0.15) is 11.6 Å². The summed E-state index contributed by atoms with van der Waals surface area (Å²) >= 11 is 0. The van der Waals surface area contributed by atoms with Gasteiger partial charge in [-0.25, -0.2) is 5.01 Å². The van der Waals surface area contributed by atoms with E-state index in [-0.39, 0.29) is 5.78 Å². The first-order valence-corrected chi connectivity index (χ1v) is 7.69. The lowest BCUT2D eigenvalue weighted by Crippen LogP contribution is -2.35. The average Bonchev–Trinajstić information content (AvgIpc) is 2.63. The number of hydrazone groups is 1. The molecule has 0 aliphatic carbocycles. The van der Waals surface area contributed by atoms with Gasteiger partial charge in [0, 0.05) is 12.6 Å². The molecule has 0 bridgehead atoms. The van der Waals surface area contributed by atoms with E-state index in [4.69, 9.17) is 10.5 Å². The Bertz CT molecular complexity index is 767. The Morgan fingerprint density at radius 2 is 1.88 bits per heavy atom. The molecule has 5 heteroatoms. The van der Waals surface area contributed by atoms with Crippen molar-refractivity contribution in [2.24, 2.45) is 16.8 Å². The molecular weight excluding hydrogens is 302 g/mol. The number of benzene rings is 2. The first-order chi connectivity index (χ1) is 11.7. The summed E-state index contributed by atoms with van der Waals surface area (Å²) in [5.74, 6) is 0.598. The van der Waals surface area contributed by atoms with Gasteiger partial charge in [0.05, 0.1) is 18.7 Å². The van der Waals surface area contributed by atoms with Crippen molar-refractivity contribution in [3.8, 4) is 5.75 Å². The Balaban J connectivity index is 1.69. The molecule has 0 aromatic heterocycles. The number of methoxy groups -OCH3 is 1. The van der Waals surface area contributed by atoms with Crippen LogP contribution in [0.3, 0.4) is 0 Å². The van der Waals surface area contributed by atoms with Gasteiger partial charge in [-0.2, -0.15) is 5.10 Å². The van der Waals surface area contributed by atoms with Crippen LogP contribution in [0, 0.1) is 5.92 Å². The van der Waals surface area contributed by atoms with Gasteiger partial charge in [0.2, 0.25) is 0 Å². The molecule has 1 unspecified atom stereocenters. The number of hydrogen-bond donors (Lipinski definition) is 1. The molecule has 122 valence electrons. The van der Waals surface area contributed by atoms with Crippen molar-refractivity contribution in [2.45, 2.75) is 6.42 Å². The van der Waals surface area contributed by atoms with Gasteiger partial charge in [0.25, 0.3) is 0 Å². The van der Waals surface area contributed by atoms with E-state index in [0.717, 1.165) is 17.0 Å². The predicted octanol–water partition coefficient (Wildman–Crippen LogP) is 2.73. The molecule has 0 amide bonds. The second-order valence-electron chi connectivity index (χ2n) is 5.52. The molecule has 2 N–H and O–H groups in total. The zero-order valence-corrected chi connectivity index (χ0v) is 13.4. The topological polar surface area (TPSA) is 67.9 Å². The number of nitrogens with two attached hydrogens (primary N) is 1. The maximum atomic E-state index is 12.5. The summed E-state index contributed by atoms with van der Waals surface area (Å²) in [4.78, 5) is 12.5. The molecule has 0 saturated heterocycles. The van der Waals surface area contributed by atoms with E-state index in [9.17, 15) is 4.79 Å². The van der Waals surface area contributed by atoms with Crippen LogP contribution in [0.15, 0.2) is 72.0 Å². The van der Waals surface area contributed by atoms with Gasteiger partial charge in [-0.3, -0.25) is 4.79 Å². The molecule has 0 saturated carbocycles. The number of carbonyl (C=O) groups excluding carboxylic acids is 1. The van der Waals surface area contributed by atoms with Gasteiger partial charge >= 0.3 is 0 Å². The Labute approximate surface area is 141 Å². The quantitative estimate of drug-likeness (QED) is 0.919. The fraction of sp³-hybridized carbons (Fsp3) is 0.158. The van der Waals surface area contributed by atoms with E-state index in [1.165, 1.54) is 0 Å². The highest BCUT2D eigenvalue weighted by molar-refractivity contribution is 6.06. The summed E-state index contributed by atoms with van der Waals surface area (Å²) in [6, 6.07) is 17.1. The fourth-order valence-electron chi connectivity index (χ4n) is 2.54. The lowest BCUT2D eigenvalue weighted by atomic mass is 9.96. The smallest absolute Gasteiger partial charge is 0.151 e. The lowest BCUT2D eigenvalue weighted by molar-refractivity contribution is -0.119. The molecule has 0 fully saturated rings. The molecule has 3 rings (SSSR count). The number of para-hydroxylation sites is 1. The van der Waals surface area contributed by atoms with Gasteiger partial charge in [0.15, 0.2) is 5.78 Å². The lowest BCUT2D eigenvalue weighted by Gasteiger charge is -2.23. The zero-order valence-electron chi connectivity index (χ0n) is 13.4. The summed E-state index contributed by atoms with van der Waals surface area (Å²) < 4.78 is 5.12. The summed E-state index contributed by atoms with van der Waals surface area (Å²) in [5.41, 5.74) is 7.85. The number of nitrogens with zero attached hydrogens (tertiary/aromatic N) is 2. The number of rotatable bonds is 5. The predicted molar refractivity (Wildman–Crippen MR) is 94.9 cm³/mol. The van der Waals surface area contributed by atoms with E-state index in [2.05, 4.69) is 5.10 Å². The second kappa shape index (κ2) is 7.00. The van der Waals surface area contributed by atoms with E-state index in [1.807, 2.05) is 54.6 Å². The number of ether oxygens (including phenoxy) is 1. The largest absolute Gasteiger partial charge is 0.497 e. The standard InChI is InChI=1S/C19H19N3O2/c1-24-16-9-7-14(8-10-16)13-18(23)17-11-12-22(21-19(17)20)15-5-3-2-4-6-15/h2-12,17H,13H2,1H3,(H2,20,21). The van der Waals surface area contributed by atoms with Crippen LogP contribution >= 0.6 is 0 Å². The van der Waals surface area contributed by atoms with E-state index < -0.39 is 5.92 Å². The van der Waals surface area contributed by atoms with Crippen LogP contribution in [-0.2, 0) is 11.2 Å². The third kappa shape index (κ3) is 3.46. The second-order valence-corrected chi connectivity index (χ2v) is 5.52. The number of amidine groups is 1. The number of carbonyl (C=O) groups is 1. The maximum absolute atomic E-state index is 12.5. The SMILES string of the molecule is COc1ccc(CC(=O)C2C=CN(c3ccccc3)N=C2N)cc1. The summed E-state index contributed by atoms with van der Waals surface area (Å²) in [5, 5.41) is 6.00. The molecule has 2 aromatic rings. The summed E-state index contributed by atoms with van der Waals surface area (Å²) in [6.45, 7) is 0. The van der Waals surface area contributed by atoms with Gasteiger partial charge in [-0.15, -0.1) is 0 Å². The molecule has 24 heavy (non-hydrogen) atoms. The molecule has 1 atom stereocenters. The van der Waals surface area contributed by atoms with E-state index in [1.54, 1.807) is 24.4 Å². The number of hydrogen-bond acceptors (Lipinski definition) is 5. The summed E-state index contributed by atoms with van der Waals surface area (Å²) in [6.07, 6.45) is 3.88. The minimum atomic E-state index is -0.493. The highest BCUT2D eigenvalue weighted by Gasteiger charge is 2.24. The number of anilines is 1. The van der Waals surface area contributed by atoms with Crippen molar-refractivity contribution in [1.82, 2.24) is 0 Å². The van der Waals surface area contributed by atoms with Crippen molar-refractivity contribution in [1.29, 1.82) is 0 Å². The minimum absolute atomic E-state index is 0.0189. The van der Waals surface area contributed by atoms with Crippen LogP contribution in [-0.4, -0.2) is 18.7 Å². The van der Waals surface area contributed by atoms with Crippen LogP contribution in [0.4, 0.5) is 5.69 Å². The van der Waals surface area contributed by atoms with Crippen molar-refractivity contribution < 1.29 is 9.53 Å². The molecule has 1 aliphatic rings. The Kier molecular flexibility index (Phi) is 4.61. The first-order valence-electron chi connectivity index (χ1n) is 7.69. The first kappa shape index (κ1) is 15.8. The zero-order chi connectivity index (χ0) is 16.9. The minimum Gasteiger partial charge on any atom is -0.497 e. The Morgan fingerprint density at radius 3 is 2.50 bits per heavy atom. The van der Waals surface area contributed by atoms with Crippen molar-refractivity contribution in [3.63, 3.8) is 0 Å².